The lowest BCUT2D eigenvalue weighted by Crippen LogP contribution is -2.55. The summed E-state index contributed by atoms with van der Waals surface area (Å²) in [5.41, 5.74) is -4.48. The van der Waals surface area contributed by atoms with E-state index in [1.165, 1.54) is 19.4 Å². The molecule has 0 unspecified atom stereocenters. The Balaban J connectivity index is 1.60. The van der Waals surface area contributed by atoms with Crippen molar-refractivity contribution < 1.29 is 31.5 Å². The highest BCUT2D eigenvalue weighted by molar-refractivity contribution is 6.07. The number of halogens is 5. The highest BCUT2D eigenvalue weighted by Gasteiger charge is 2.37. The molecule has 2 aliphatic heterocycles. The molecule has 3 aromatic rings. The van der Waals surface area contributed by atoms with E-state index >= 15 is 8.78 Å². The van der Waals surface area contributed by atoms with Crippen molar-refractivity contribution in [1.82, 2.24) is 19.4 Å². The Labute approximate surface area is 256 Å². The van der Waals surface area contributed by atoms with Gasteiger partial charge < -0.3 is 24.4 Å². The Morgan fingerprint density at radius 2 is 1.64 bits per heavy atom. The van der Waals surface area contributed by atoms with Gasteiger partial charge in [0.1, 0.15) is 11.5 Å². The molecule has 242 valence electrons. The molecule has 2 saturated heterocycles. The van der Waals surface area contributed by atoms with Crippen molar-refractivity contribution in [2.45, 2.75) is 45.1 Å². The molecule has 15 heteroatoms. The molecule has 1 N–H and O–H groups in total. The molecule has 45 heavy (non-hydrogen) atoms. The van der Waals surface area contributed by atoms with E-state index in [0.29, 0.717) is 44.8 Å². The van der Waals surface area contributed by atoms with Gasteiger partial charge in [0.15, 0.2) is 5.82 Å². The Morgan fingerprint density at radius 3 is 2.24 bits per heavy atom. The predicted octanol–water partition coefficient (Wildman–Crippen LogP) is 4.15. The van der Waals surface area contributed by atoms with Crippen LogP contribution in [-0.2, 0) is 18.0 Å². The molecule has 2 aliphatic rings. The van der Waals surface area contributed by atoms with Gasteiger partial charge in [-0.15, -0.1) is 0 Å². The van der Waals surface area contributed by atoms with Crippen molar-refractivity contribution >= 4 is 23.2 Å². The zero-order valence-electron chi connectivity index (χ0n) is 25.5. The number of aryl methyl sites for hydroxylation is 1. The number of hydrogen-bond acceptors (Lipinski definition) is 8. The van der Waals surface area contributed by atoms with Gasteiger partial charge >= 0.3 is 6.18 Å². The number of hydrogen-bond donors (Lipinski definition) is 1. The first-order valence-corrected chi connectivity index (χ1v) is 14.4. The summed E-state index contributed by atoms with van der Waals surface area (Å²) in [4.78, 5) is 39.7. The van der Waals surface area contributed by atoms with Crippen molar-refractivity contribution in [2.24, 2.45) is 7.05 Å². The van der Waals surface area contributed by atoms with E-state index < -0.39 is 51.7 Å². The maximum absolute atomic E-state index is 16.5. The highest BCUT2D eigenvalue weighted by atomic mass is 19.4. The number of amides is 1. The first-order valence-electron chi connectivity index (χ1n) is 14.4. The van der Waals surface area contributed by atoms with Crippen LogP contribution in [0.1, 0.15) is 36.7 Å². The first-order chi connectivity index (χ1) is 21.1. The third kappa shape index (κ3) is 6.50. The SMILES string of the molecule is C[C@@H]1CN(c2ncc(-c3c(F)cc(N4C[C@@H](C)N(C)[C@@H](C)C4)c(NC(=O)c4cn(C)c(=O)cc4C(F)(F)F)c3F)cn2)CCO1. The fraction of sp³-hybridized carbons (Fsp3) is 0.467. The third-order valence-corrected chi connectivity index (χ3v) is 8.37. The Morgan fingerprint density at radius 1 is 1.00 bits per heavy atom. The molecule has 4 heterocycles. The number of piperazine rings is 1. The number of alkyl halides is 3. The quantitative estimate of drug-likeness (QED) is 0.418. The Bertz CT molecular complexity index is 1630. The van der Waals surface area contributed by atoms with Gasteiger partial charge in [0.05, 0.1) is 35.1 Å². The minimum atomic E-state index is -5.05. The molecular formula is C30H34F5N7O3. The summed E-state index contributed by atoms with van der Waals surface area (Å²) in [5, 5.41) is 2.28. The Kier molecular flexibility index (Phi) is 8.86. The molecule has 1 amide bonds. The molecule has 2 fully saturated rings. The van der Waals surface area contributed by atoms with Crippen LogP contribution in [0.25, 0.3) is 11.1 Å². The smallest absolute Gasteiger partial charge is 0.375 e. The number of carbonyl (C=O) groups excluding carboxylic acids is 1. The number of ether oxygens (including phenoxy) is 1. The lowest BCUT2D eigenvalue weighted by molar-refractivity contribution is -0.138. The average Bonchev–Trinajstić information content (AvgIpc) is 2.98. The number of likely N-dealkylation sites (N-methyl/N-ethyl adjacent to an activating group) is 1. The van der Waals surface area contributed by atoms with Crippen LogP contribution in [0.3, 0.4) is 0 Å². The summed E-state index contributed by atoms with van der Waals surface area (Å²) in [6.45, 7) is 7.93. The molecule has 5 rings (SSSR count). The monoisotopic (exact) mass is 635 g/mol. The lowest BCUT2D eigenvalue weighted by Gasteiger charge is -2.44. The van der Waals surface area contributed by atoms with E-state index in [0.717, 1.165) is 16.8 Å². The van der Waals surface area contributed by atoms with Crippen molar-refractivity contribution in [3.63, 3.8) is 0 Å². The summed E-state index contributed by atoms with van der Waals surface area (Å²) in [6, 6.07) is 1.27. The molecule has 0 bridgehead atoms. The van der Waals surface area contributed by atoms with Gasteiger partial charge in [-0.1, -0.05) is 0 Å². The molecule has 0 aliphatic carbocycles. The molecule has 0 saturated carbocycles. The van der Waals surface area contributed by atoms with E-state index in [1.807, 2.05) is 32.7 Å². The first kappa shape index (κ1) is 32.3. The minimum absolute atomic E-state index is 0.0321. The van der Waals surface area contributed by atoms with Gasteiger partial charge in [-0.3, -0.25) is 14.5 Å². The van der Waals surface area contributed by atoms with Crippen molar-refractivity contribution in [3.05, 3.63) is 63.8 Å². The molecule has 10 nitrogen and oxygen atoms in total. The third-order valence-electron chi connectivity index (χ3n) is 8.37. The summed E-state index contributed by atoms with van der Waals surface area (Å²) in [5.74, 6) is -3.14. The van der Waals surface area contributed by atoms with Crippen LogP contribution in [0.4, 0.5) is 39.3 Å². The number of carbonyl (C=O) groups is 1. The Hall–Kier alpha value is -4.11. The van der Waals surface area contributed by atoms with Gasteiger partial charge in [0.2, 0.25) is 5.95 Å². The van der Waals surface area contributed by atoms with Crippen molar-refractivity contribution in [2.75, 3.05) is 55.0 Å². The average molecular weight is 636 g/mol. The second-order valence-electron chi connectivity index (χ2n) is 11.6. The van der Waals surface area contributed by atoms with Gasteiger partial charge in [0.25, 0.3) is 11.5 Å². The van der Waals surface area contributed by atoms with Crippen LogP contribution < -0.4 is 20.7 Å². The highest BCUT2D eigenvalue weighted by Crippen LogP contribution is 2.40. The molecule has 0 radical (unpaired) electrons. The van der Waals surface area contributed by atoms with E-state index in [2.05, 4.69) is 20.2 Å². The molecule has 0 spiro atoms. The lowest BCUT2D eigenvalue weighted by atomic mass is 10.0. The van der Waals surface area contributed by atoms with E-state index in [9.17, 15) is 22.8 Å². The number of rotatable bonds is 5. The number of nitrogens with zero attached hydrogens (tertiary/aromatic N) is 6. The van der Waals surface area contributed by atoms with E-state index in [-0.39, 0.29) is 29.4 Å². The fourth-order valence-corrected chi connectivity index (χ4v) is 5.68. The topological polar surface area (TPSA) is 95.8 Å². The van der Waals surface area contributed by atoms with Crippen LogP contribution in [0.5, 0.6) is 0 Å². The van der Waals surface area contributed by atoms with Crippen LogP contribution >= 0.6 is 0 Å². The molecule has 1 aromatic carbocycles. The fourth-order valence-electron chi connectivity index (χ4n) is 5.68. The maximum atomic E-state index is 16.5. The standard InChI is InChI=1S/C30H34F5N7O3/c1-16-12-42(13-17(2)40(16)5)23-9-22(31)25(19-10-36-29(37-11-19)41-6-7-45-18(3)14-41)26(32)27(23)38-28(44)20-15-39(4)24(43)8-21(20)30(33,34)35/h8-11,15-18H,6-7,12-14H2,1-5H3,(H,38,44)/t16-,17+,18-/m1/s1. The molecule has 3 atom stereocenters. The number of morpholine rings is 1. The number of anilines is 3. The predicted molar refractivity (Wildman–Crippen MR) is 159 cm³/mol. The summed E-state index contributed by atoms with van der Waals surface area (Å²) < 4.78 is 80.3. The summed E-state index contributed by atoms with van der Waals surface area (Å²) in [6.07, 6.45) is -1.86. The van der Waals surface area contributed by atoms with Crippen LogP contribution in [-0.4, -0.2) is 83.4 Å². The zero-order chi connectivity index (χ0) is 32.8. The van der Waals surface area contributed by atoms with Crippen LogP contribution in [0, 0.1) is 11.6 Å². The van der Waals surface area contributed by atoms with Crippen LogP contribution in [0.15, 0.2) is 35.5 Å². The van der Waals surface area contributed by atoms with Gasteiger partial charge in [0, 0.05) is 81.6 Å². The summed E-state index contributed by atoms with van der Waals surface area (Å²) >= 11 is 0. The summed E-state index contributed by atoms with van der Waals surface area (Å²) in [7, 11) is 3.11. The van der Waals surface area contributed by atoms with Gasteiger partial charge in [-0.2, -0.15) is 13.2 Å². The molecule has 2 aromatic heterocycles. The normalized spacial score (nSPS) is 21.2. The minimum Gasteiger partial charge on any atom is -0.375 e. The second kappa shape index (κ2) is 12.4. The zero-order valence-corrected chi connectivity index (χ0v) is 25.5. The van der Waals surface area contributed by atoms with Crippen LogP contribution in [0.2, 0.25) is 0 Å². The van der Waals surface area contributed by atoms with Crippen molar-refractivity contribution in [1.29, 1.82) is 0 Å². The second-order valence-corrected chi connectivity index (χ2v) is 11.6. The van der Waals surface area contributed by atoms with E-state index in [4.69, 9.17) is 4.74 Å². The number of aromatic nitrogens is 3. The van der Waals surface area contributed by atoms with Gasteiger partial charge in [-0.25, -0.2) is 18.7 Å². The maximum Gasteiger partial charge on any atom is 0.417 e. The van der Waals surface area contributed by atoms with Gasteiger partial charge in [-0.05, 0) is 27.8 Å². The number of benzene rings is 1. The number of nitrogens with one attached hydrogen (secondary N) is 1. The largest absolute Gasteiger partial charge is 0.417 e. The van der Waals surface area contributed by atoms with E-state index in [1.54, 1.807) is 4.90 Å². The number of pyridine rings is 1. The van der Waals surface area contributed by atoms with Crippen molar-refractivity contribution in [3.8, 4) is 11.1 Å². The molecular weight excluding hydrogens is 601 g/mol.